The smallest absolute Gasteiger partial charge is 0.314 e. The normalized spacial score (nSPS) is 12.7. The van der Waals surface area contributed by atoms with Crippen LogP contribution in [0.4, 0.5) is 5.69 Å². The Bertz CT molecular complexity index is 508. The molecule has 0 saturated carbocycles. The van der Waals surface area contributed by atoms with Gasteiger partial charge in [0.15, 0.2) is 0 Å². The van der Waals surface area contributed by atoms with Crippen molar-refractivity contribution in [1.29, 1.82) is 0 Å². The summed E-state index contributed by atoms with van der Waals surface area (Å²) in [5.41, 5.74) is 0.423. The van der Waals surface area contributed by atoms with Crippen molar-refractivity contribution >= 4 is 11.7 Å². The molecule has 1 heterocycles. The lowest BCUT2D eigenvalue weighted by Gasteiger charge is -2.14. The van der Waals surface area contributed by atoms with Gasteiger partial charge in [0.05, 0.1) is 4.92 Å². The van der Waals surface area contributed by atoms with E-state index in [1.165, 1.54) is 4.68 Å². The molecule has 7 heteroatoms. The van der Waals surface area contributed by atoms with E-state index < -0.39 is 16.8 Å². The van der Waals surface area contributed by atoms with Crippen molar-refractivity contribution in [3.05, 3.63) is 21.5 Å². The first-order valence-corrected chi connectivity index (χ1v) is 6.72. The molecule has 0 aliphatic rings. The third-order valence-corrected chi connectivity index (χ3v) is 3.14. The quantitative estimate of drug-likeness (QED) is 0.612. The minimum atomic E-state index is -1.05. The zero-order valence-corrected chi connectivity index (χ0v) is 12.3. The largest absolute Gasteiger partial charge is 0.481 e. The first-order chi connectivity index (χ1) is 9.29. The molecule has 1 atom stereocenters. The first kappa shape index (κ1) is 16.1. The highest BCUT2D eigenvalue weighted by Crippen LogP contribution is 2.34. The number of nitrogens with zero attached hydrogens (tertiary/aromatic N) is 3. The monoisotopic (exact) mass is 283 g/mol. The van der Waals surface area contributed by atoms with Crippen LogP contribution in [0, 0.1) is 16.0 Å². The fourth-order valence-electron chi connectivity index (χ4n) is 2.38. The van der Waals surface area contributed by atoms with Crippen LogP contribution < -0.4 is 0 Å². The van der Waals surface area contributed by atoms with Gasteiger partial charge in [-0.25, -0.2) is 0 Å². The number of carbonyl (C=O) groups is 1. The number of hydrogen-bond acceptors (Lipinski definition) is 4. The van der Waals surface area contributed by atoms with Gasteiger partial charge in [0, 0.05) is 7.05 Å². The second kappa shape index (κ2) is 6.49. The van der Waals surface area contributed by atoms with Crippen molar-refractivity contribution in [2.75, 3.05) is 0 Å². The van der Waals surface area contributed by atoms with E-state index in [2.05, 4.69) is 5.10 Å². The number of aryl methyl sites for hydroxylation is 2. The van der Waals surface area contributed by atoms with Crippen LogP contribution in [0.3, 0.4) is 0 Å². The van der Waals surface area contributed by atoms with E-state index >= 15 is 0 Å². The van der Waals surface area contributed by atoms with Crippen LogP contribution in [0.15, 0.2) is 0 Å². The molecule has 0 saturated heterocycles. The Labute approximate surface area is 117 Å². The van der Waals surface area contributed by atoms with Crippen molar-refractivity contribution in [1.82, 2.24) is 9.78 Å². The minimum Gasteiger partial charge on any atom is -0.481 e. The number of aromatic nitrogens is 2. The Kier molecular flexibility index (Phi) is 5.24. The van der Waals surface area contributed by atoms with Gasteiger partial charge in [-0.2, -0.15) is 5.10 Å². The van der Waals surface area contributed by atoms with Crippen LogP contribution in [-0.4, -0.2) is 25.8 Å². The lowest BCUT2D eigenvalue weighted by atomic mass is 9.93. The predicted molar refractivity (Wildman–Crippen MR) is 73.7 cm³/mol. The van der Waals surface area contributed by atoms with Crippen molar-refractivity contribution in [3.63, 3.8) is 0 Å². The molecule has 0 spiro atoms. The van der Waals surface area contributed by atoms with Gasteiger partial charge >= 0.3 is 11.7 Å². The van der Waals surface area contributed by atoms with Gasteiger partial charge in [0.1, 0.15) is 17.3 Å². The summed E-state index contributed by atoms with van der Waals surface area (Å²) in [7, 11) is 1.57. The van der Waals surface area contributed by atoms with E-state index in [9.17, 15) is 20.0 Å². The van der Waals surface area contributed by atoms with Gasteiger partial charge < -0.3 is 5.11 Å². The summed E-state index contributed by atoms with van der Waals surface area (Å²) in [6.07, 6.45) is 1.54. The minimum absolute atomic E-state index is 0.125. The van der Waals surface area contributed by atoms with E-state index in [4.69, 9.17) is 0 Å². The van der Waals surface area contributed by atoms with Crippen molar-refractivity contribution < 1.29 is 14.8 Å². The second-order valence-corrected chi connectivity index (χ2v) is 5.33. The third-order valence-electron chi connectivity index (χ3n) is 3.14. The maximum Gasteiger partial charge on any atom is 0.314 e. The zero-order chi connectivity index (χ0) is 15.4. The van der Waals surface area contributed by atoms with Crippen LogP contribution >= 0.6 is 0 Å². The lowest BCUT2D eigenvalue weighted by molar-refractivity contribution is -0.386. The summed E-state index contributed by atoms with van der Waals surface area (Å²) < 4.78 is 1.35. The molecule has 112 valence electrons. The Hall–Kier alpha value is -1.92. The zero-order valence-electron chi connectivity index (χ0n) is 12.3. The number of carboxylic acid groups (broad SMARTS) is 1. The summed E-state index contributed by atoms with van der Waals surface area (Å²) >= 11 is 0. The topological polar surface area (TPSA) is 98.3 Å². The first-order valence-electron chi connectivity index (χ1n) is 6.72. The summed E-state index contributed by atoms with van der Waals surface area (Å²) in [5, 5.41) is 24.8. The molecular formula is C13H21N3O4. The molecule has 0 amide bonds. The molecule has 0 aliphatic carbocycles. The van der Waals surface area contributed by atoms with Crippen LogP contribution in [0.2, 0.25) is 0 Å². The lowest BCUT2D eigenvalue weighted by Crippen LogP contribution is -2.18. The molecule has 1 rings (SSSR count). The van der Waals surface area contributed by atoms with E-state index in [0.29, 0.717) is 18.5 Å². The highest BCUT2D eigenvalue weighted by Gasteiger charge is 2.35. The maximum atomic E-state index is 11.5. The van der Waals surface area contributed by atoms with Crippen molar-refractivity contribution in [2.45, 2.75) is 46.0 Å². The highest BCUT2D eigenvalue weighted by molar-refractivity contribution is 5.77. The molecule has 0 bridgehead atoms. The molecule has 0 aromatic carbocycles. The highest BCUT2D eigenvalue weighted by atomic mass is 16.6. The molecule has 0 radical (unpaired) electrons. The van der Waals surface area contributed by atoms with E-state index in [-0.39, 0.29) is 17.3 Å². The predicted octanol–water partition coefficient (Wildman–Crippen LogP) is 2.50. The summed E-state index contributed by atoms with van der Waals surface area (Å²) in [5.74, 6) is -1.83. The maximum absolute atomic E-state index is 11.5. The Morgan fingerprint density at radius 3 is 2.50 bits per heavy atom. The molecule has 0 aliphatic heterocycles. The van der Waals surface area contributed by atoms with Crippen LogP contribution in [0.5, 0.6) is 0 Å². The van der Waals surface area contributed by atoms with Gasteiger partial charge in [-0.1, -0.05) is 27.2 Å². The molecule has 1 aromatic rings. The van der Waals surface area contributed by atoms with E-state index in [0.717, 1.165) is 6.42 Å². The van der Waals surface area contributed by atoms with Crippen LogP contribution in [0.1, 0.15) is 50.9 Å². The molecule has 1 aromatic heterocycles. The Morgan fingerprint density at radius 1 is 1.50 bits per heavy atom. The Balaban J connectivity index is 3.39. The van der Waals surface area contributed by atoms with Gasteiger partial charge in [0.25, 0.3) is 0 Å². The number of rotatable bonds is 7. The summed E-state index contributed by atoms with van der Waals surface area (Å²) in [6, 6.07) is 0. The SMILES string of the molecule is CCCc1nn(C)c(C(CC(C)C)C(=O)O)c1[N+](=O)[O-]. The van der Waals surface area contributed by atoms with Crippen LogP contribution in [0.25, 0.3) is 0 Å². The average molecular weight is 283 g/mol. The standard InChI is InChI=1S/C13H21N3O4/c1-5-6-10-12(16(19)20)11(15(4)14-10)9(13(17)18)7-8(2)3/h8-9H,5-7H2,1-4H3,(H,17,18). The molecule has 7 nitrogen and oxygen atoms in total. The summed E-state index contributed by atoms with van der Waals surface area (Å²) in [6.45, 7) is 5.69. The molecule has 20 heavy (non-hydrogen) atoms. The Morgan fingerprint density at radius 2 is 2.10 bits per heavy atom. The third kappa shape index (κ3) is 3.34. The number of carboxylic acids is 1. The van der Waals surface area contributed by atoms with Gasteiger partial charge in [0.2, 0.25) is 0 Å². The van der Waals surface area contributed by atoms with Gasteiger partial charge in [-0.3, -0.25) is 19.6 Å². The number of hydrogen-bond donors (Lipinski definition) is 1. The average Bonchev–Trinajstić information content (AvgIpc) is 2.62. The fraction of sp³-hybridized carbons (Fsp3) is 0.692. The van der Waals surface area contributed by atoms with Gasteiger partial charge in [-0.15, -0.1) is 0 Å². The number of aliphatic carboxylic acids is 1. The summed E-state index contributed by atoms with van der Waals surface area (Å²) in [4.78, 5) is 22.3. The van der Waals surface area contributed by atoms with Gasteiger partial charge in [-0.05, 0) is 18.8 Å². The van der Waals surface area contributed by atoms with E-state index in [1.807, 2.05) is 20.8 Å². The fourth-order valence-corrected chi connectivity index (χ4v) is 2.38. The van der Waals surface area contributed by atoms with Crippen molar-refractivity contribution in [3.8, 4) is 0 Å². The number of nitro groups is 1. The molecule has 1 N–H and O–H groups in total. The van der Waals surface area contributed by atoms with Crippen molar-refractivity contribution in [2.24, 2.45) is 13.0 Å². The van der Waals surface area contributed by atoms with Crippen LogP contribution in [-0.2, 0) is 18.3 Å². The molecular weight excluding hydrogens is 262 g/mol. The molecule has 1 unspecified atom stereocenters. The molecule has 0 fully saturated rings. The second-order valence-electron chi connectivity index (χ2n) is 5.33. The van der Waals surface area contributed by atoms with E-state index in [1.54, 1.807) is 7.05 Å².